The van der Waals surface area contributed by atoms with E-state index >= 15 is 0 Å². The fraction of sp³-hybridized carbons (Fsp3) is 0.588. The summed E-state index contributed by atoms with van der Waals surface area (Å²) in [6.45, 7) is 0.744. The van der Waals surface area contributed by atoms with Gasteiger partial charge in [0.15, 0.2) is 6.61 Å². The largest absolute Gasteiger partial charge is 0.487 e. The van der Waals surface area contributed by atoms with Crippen molar-refractivity contribution in [2.45, 2.75) is 122 Å². The molecule has 47 heavy (non-hydrogen) atoms. The summed E-state index contributed by atoms with van der Waals surface area (Å²) in [4.78, 5) is 35.2. The van der Waals surface area contributed by atoms with Crippen molar-refractivity contribution in [1.82, 2.24) is 10.3 Å². The van der Waals surface area contributed by atoms with E-state index in [9.17, 15) is 36.7 Å². The smallest absolute Gasteiger partial charge is 0.422 e. The minimum atomic E-state index is -5.02. The topological polar surface area (TPSA) is 118 Å². The van der Waals surface area contributed by atoms with Crippen molar-refractivity contribution >= 4 is 19.6 Å². The molecule has 0 aliphatic carbocycles. The van der Waals surface area contributed by atoms with Crippen LogP contribution in [0.25, 0.3) is 6.08 Å². The van der Waals surface area contributed by atoms with Crippen LogP contribution >= 0.6 is 7.60 Å². The zero-order valence-electron chi connectivity index (χ0n) is 27.2. The number of carbonyl (C=O) groups is 1. The number of amides is 1. The average molecular weight is 689 g/mol. The predicted octanol–water partition coefficient (Wildman–Crippen LogP) is 9.40. The summed E-state index contributed by atoms with van der Waals surface area (Å²) in [5, 5.41) is 2.62. The van der Waals surface area contributed by atoms with Crippen LogP contribution in [-0.2, 0) is 16.0 Å². The quantitative estimate of drug-likeness (QED) is 0.0571. The maximum atomic E-state index is 14.3. The highest BCUT2D eigenvalue weighted by molar-refractivity contribution is 7.52. The molecule has 3 N–H and O–H groups in total. The minimum Gasteiger partial charge on any atom is -0.487 e. The van der Waals surface area contributed by atoms with Crippen molar-refractivity contribution in [2.24, 2.45) is 0 Å². The zero-order chi connectivity index (χ0) is 34.5. The van der Waals surface area contributed by atoms with Crippen molar-refractivity contribution < 1.29 is 46.2 Å². The number of hydrogen-bond donors (Lipinski definition) is 3. The first kappa shape index (κ1) is 40.2. The number of pyridine rings is 1. The summed E-state index contributed by atoms with van der Waals surface area (Å²) in [7, 11) is -5.02. The Bertz CT molecular complexity index is 1250. The minimum absolute atomic E-state index is 0.00143. The highest BCUT2D eigenvalue weighted by Crippen LogP contribution is 2.44. The molecular weight excluding hydrogens is 639 g/mol. The lowest BCUT2D eigenvalue weighted by Gasteiger charge is -2.15. The third kappa shape index (κ3) is 19.5. The van der Waals surface area contributed by atoms with Gasteiger partial charge in [0.2, 0.25) is 11.8 Å². The van der Waals surface area contributed by atoms with Crippen LogP contribution < -0.4 is 14.8 Å². The third-order valence-corrected chi connectivity index (χ3v) is 8.27. The summed E-state index contributed by atoms with van der Waals surface area (Å²) in [5.41, 5.74) is 0.898. The van der Waals surface area contributed by atoms with Crippen LogP contribution in [0.2, 0.25) is 0 Å². The van der Waals surface area contributed by atoms with Gasteiger partial charge in [-0.2, -0.15) is 13.2 Å². The van der Waals surface area contributed by atoms with E-state index in [1.54, 1.807) is 24.3 Å². The number of allylic oxidation sites excluding steroid dienone is 1. The monoisotopic (exact) mass is 688 g/mol. The number of ether oxygens (including phenoxy) is 2. The zero-order valence-corrected chi connectivity index (χ0v) is 28.0. The lowest BCUT2D eigenvalue weighted by Crippen LogP contribution is -2.24. The molecule has 1 amide bonds. The molecule has 0 bridgehead atoms. The van der Waals surface area contributed by atoms with E-state index in [0.29, 0.717) is 23.4 Å². The van der Waals surface area contributed by atoms with Gasteiger partial charge in [-0.05, 0) is 36.3 Å². The molecule has 13 heteroatoms. The van der Waals surface area contributed by atoms with Gasteiger partial charge in [-0.15, -0.1) is 0 Å². The molecule has 2 rings (SSSR count). The first-order valence-electron chi connectivity index (χ1n) is 16.4. The Balaban J connectivity index is 1.82. The first-order valence-corrected chi connectivity index (χ1v) is 18.1. The molecule has 8 nitrogen and oxygen atoms in total. The van der Waals surface area contributed by atoms with Crippen LogP contribution in [0, 0.1) is 0 Å². The number of carbonyl (C=O) groups excluding carboxylic acids is 1. The van der Waals surface area contributed by atoms with Gasteiger partial charge in [0.05, 0.1) is 5.69 Å². The van der Waals surface area contributed by atoms with E-state index in [4.69, 9.17) is 9.47 Å². The van der Waals surface area contributed by atoms with Crippen LogP contribution in [0.3, 0.4) is 0 Å². The number of benzene rings is 1. The summed E-state index contributed by atoms with van der Waals surface area (Å²) >= 11 is 0. The number of alkyl halides is 4. The molecule has 0 spiro atoms. The van der Waals surface area contributed by atoms with Gasteiger partial charge in [0.25, 0.3) is 0 Å². The van der Waals surface area contributed by atoms with Gasteiger partial charge in [-0.1, -0.05) is 96.1 Å². The second kappa shape index (κ2) is 21.8. The Morgan fingerprint density at radius 3 is 2.02 bits per heavy atom. The molecule has 0 aliphatic heterocycles. The van der Waals surface area contributed by atoms with E-state index in [1.165, 1.54) is 82.2 Å². The van der Waals surface area contributed by atoms with Crippen molar-refractivity contribution in [2.75, 3.05) is 6.61 Å². The van der Waals surface area contributed by atoms with Crippen molar-refractivity contribution in [3.8, 4) is 11.5 Å². The van der Waals surface area contributed by atoms with Crippen LogP contribution in [-0.4, -0.2) is 39.4 Å². The summed E-state index contributed by atoms with van der Waals surface area (Å²) in [6.07, 6.45) is 13.0. The Kier molecular flexibility index (Phi) is 18.7. The molecule has 1 atom stereocenters. The van der Waals surface area contributed by atoms with Gasteiger partial charge >= 0.3 is 13.8 Å². The Hall–Kier alpha value is -2.95. The number of halogens is 4. The Morgan fingerprint density at radius 2 is 1.47 bits per heavy atom. The number of rotatable bonds is 24. The van der Waals surface area contributed by atoms with Crippen LogP contribution in [0.1, 0.15) is 114 Å². The third-order valence-electron chi connectivity index (χ3n) is 7.36. The second-order valence-corrected chi connectivity index (χ2v) is 13.4. The second-order valence-electron chi connectivity index (χ2n) is 11.7. The first-order chi connectivity index (χ1) is 22.4. The summed E-state index contributed by atoms with van der Waals surface area (Å²) in [6, 6.07) is 9.02. The highest BCUT2D eigenvalue weighted by atomic mass is 31.2. The predicted molar refractivity (Wildman–Crippen MR) is 175 cm³/mol. The molecule has 0 saturated heterocycles. The lowest BCUT2D eigenvalue weighted by atomic mass is 10.0. The van der Waals surface area contributed by atoms with E-state index in [-0.39, 0.29) is 30.4 Å². The summed E-state index contributed by atoms with van der Waals surface area (Å²) in [5.74, 6) is -2.43. The fourth-order valence-corrected chi connectivity index (χ4v) is 5.23. The maximum absolute atomic E-state index is 14.3. The SMILES string of the molecule is CCCCCCCCCCCCCCCC(=O)N/C(=C\c1ccc(OCc2cc(OCC(F)(F)F)ccn2)cc1)CC(F)P(=O)(O)O. The molecule has 0 radical (unpaired) electrons. The van der Waals surface area contributed by atoms with Crippen molar-refractivity contribution in [3.05, 3.63) is 59.5 Å². The fourth-order valence-electron chi connectivity index (χ4n) is 4.80. The van der Waals surface area contributed by atoms with Gasteiger partial charge in [-0.3, -0.25) is 14.3 Å². The summed E-state index contributed by atoms with van der Waals surface area (Å²) < 4.78 is 73.3. The standard InChI is InChI=1S/C34H49F4N2O6P/c1-2-3-4-5-6-7-8-9-10-11-12-13-14-15-33(41)40-28(24-32(35)47(42,43)44)22-27-16-18-30(19-17-27)45-25-29-23-31(20-21-39-29)46-26-34(36,37)38/h16-23,32H,2-15,24-26H2,1H3,(H,40,41)(H2,42,43,44)/b28-22-. The van der Waals surface area contributed by atoms with E-state index < -0.39 is 32.7 Å². The normalized spacial score (nSPS) is 13.0. The highest BCUT2D eigenvalue weighted by Gasteiger charge is 2.30. The lowest BCUT2D eigenvalue weighted by molar-refractivity contribution is -0.153. The Morgan fingerprint density at radius 1 is 0.894 bits per heavy atom. The number of nitrogens with zero attached hydrogens (tertiary/aromatic N) is 1. The molecule has 0 saturated carbocycles. The van der Waals surface area contributed by atoms with E-state index in [1.807, 2.05) is 0 Å². The molecule has 1 aromatic carbocycles. The average Bonchev–Trinajstić information content (AvgIpc) is 3.01. The molecule has 1 heterocycles. The van der Waals surface area contributed by atoms with Gasteiger partial charge in [0, 0.05) is 30.8 Å². The molecule has 0 fully saturated rings. The van der Waals surface area contributed by atoms with Gasteiger partial charge in [-0.25, -0.2) is 4.39 Å². The molecule has 2 aromatic rings. The van der Waals surface area contributed by atoms with Crippen molar-refractivity contribution in [1.29, 1.82) is 0 Å². The van der Waals surface area contributed by atoms with Crippen LogP contribution in [0.5, 0.6) is 11.5 Å². The molecular formula is C34H49F4N2O6P. The molecule has 0 aliphatic rings. The maximum Gasteiger partial charge on any atom is 0.422 e. The van der Waals surface area contributed by atoms with Crippen LogP contribution in [0.15, 0.2) is 48.3 Å². The molecule has 264 valence electrons. The van der Waals surface area contributed by atoms with Gasteiger partial charge in [0.1, 0.15) is 18.1 Å². The van der Waals surface area contributed by atoms with E-state index in [2.05, 4.69) is 17.2 Å². The van der Waals surface area contributed by atoms with Crippen molar-refractivity contribution in [3.63, 3.8) is 0 Å². The van der Waals surface area contributed by atoms with E-state index in [0.717, 1.165) is 19.3 Å². The Labute approximate surface area is 275 Å². The number of aromatic nitrogens is 1. The number of hydrogen-bond acceptors (Lipinski definition) is 5. The molecule has 1 aromatic heterocycles. The number of unbranched alkanes of at least 4 members (excludes halogenated alkanes) is 12. The number of nitrogens with one attached hydrogen (secondary N) is 1. The molecule has 1 unspecified atom stereocenters. The van der Waals surface area contributed by atoms with Crippen LogP contribution in [0.4, 0.5) is 17.6 Å². The van der Waals surface area contributed by atoms with Gasteiger partial charge < -0.3 is 24.6 Å².